The summed E-state index contributed by atoms with van der Waals surface area (Å²) in [5.74, 6) is 0.657. The lowest BCUT2D eigenvalue weighted by atomic mass is 10.2. The summed E-state index contributed by atoms with van der Waals surface area (Å²) >= 11 is 1.82. The van der Waals surface area contributed by atoms with Crippen molar-refractivity contribution in [3.05, 3.63) is 0 Å². The number of aliphatic imine (C=N–C) groups is 1. The Balaban J connectivity index is 3.75. The second kappa shape index (κ2) is 9.95. The summed E-state index contributed by atoms with van der Waals surface area (Å²) in [6, 6.07) is 0. The Morgan fingerprint density at radius 1 is 1.32 bits per heavy atom. The minimum atomic E-state index is -0.149. The molecule has 0 aliphatic rings. The van der Waals surface area contributed by atoms with E-state index in [1.807, 2.05) is 11.8 Å². The zero-order valence-corrected chi connectivity index (χ0v) is 13.5. The molecule has 0 aromatic carbocycles. The number of hydrogen-bond acceptors (Lipinski definition) is 4. The van der Waals surface area contributed by atoms with Crippen LogP contribution in [0.15, 0.2) is 4.99 Å². The molecule has 0 aromatic heterocycles. The van der Waals surface area contributed by atoms with E-state index in [9.17, 15) is 4.79 Å². The highest BCUT2D eigenvalue weighted by Crippen LogP contribution is 2.19. The normalized spacial score (nSPS) is 12.2. The maximum absolute atomic E-state index is 10.9. The first-order valence-electron chi connectivity index (χ1n) is 6.51. The Labute approximate surface area is 121 Å². The molecule has 0 atom stereocenters. The summed E-state index contributed by atoms with van der Waals surface area (Å²) in [6.45, 7) is 6.04. The Morgan fingerprint density at radius 3 is 2.53 bits per heavy atom. The molecule has 0 unspecified atom stereocenters. The van der Waals surface area contributed by atoms with Crippen molar-refractivity contribution in [3.63, 3.8) is 0 Å². The van der Waals surface area contributed by atoms with Gasteiger partial charge in [-0.3, -0.25) is 9.79 Å². The molecule has 0 aromatic rings. The quantitative estimate of drug-likeness (QED) is 0.308. The number of rotatable bonds is 8. The van der Waals surface area contributed by atoms with Gasteiger partial charge in [0.15, 0.2) is 5.96 Å². The molecule has 0 aliphatic carbocycles. The molecule has 0 spiro atoms. The van der Waals surface area contributed by atoms with E-state index in [0.29, 0.717) is 6.42 Å². The van der Waals surface area contributed by atoms with Gasteiger partial charge in [-0.25, -0.2) is 0 Å². The maximum atomic E-state index is 10.9. The monoisotopic (exact) mass is 289 g/mol. The van der Waals surface area contributed by atoms with Gasteiger partial charge >= 0.3 is 5.97 Å². The third-order valence-electron chi connectivity index (χ3n) is 2.79. The molecule has 19 heavy (non-hydrogen) atoms. The van der Waals surface area contributed by atoms with E-state index in [2.05, 4.69) is 40.5 Å². The first kappa shape index (κ1) is 18.1. The second-order valence-corrected chi connectivity index (χ2v) is 6.36. The van der Waals surface area contributed by atoms with Crippen LogP contribution in [-0.2, 0) is 9.53 Å². The minimum Gasteiger partial charge on any atom is -0.469 e. The SMILES string of the molecule is CN=C(NCCCCC(=O)OC)NCC(C)(C)SC. The molecular weight excluding hydrogens is 262 g/mol. The smallest absolute Gasteiger partial charge is 0.305 e. The lowest BCUT2D eigenvalue weighted by molar-refractivity contribution is -0.140. The molecule has 2 N–H and O–H groups in total. The van der Waals surface area contributed by atoms with E-state index in [-0.39, 0.29) is 10.7 Å². The summed E-state index contributed by atoms with van der Waals surface area (Å²) in [6.07, 6.45) is 4.32. The van der Waals surface area contributed by atoms with Crippen LogP contribution >= 0.6 is 11.8 Å². The van der Waals surface area contributed by atoms with Crippen LogP contribution in [-0.4, -0.2) is 50.2 Å². The number of guanidine groups is 1. The average molecular weight is 289 g/mol. The predicted octanol–water partition coefficient (Wildman–Crippen LogP) is 1.64. The van der Waals surface area contributed by atoms with Crippen molar-refractivity contribution in [2.45, 2.75) is 37.9 Å². The van der Waals surface area contributed by atoms with Gasteiger partial charge in [0.05, 0.1) is 7.11 Å². The van der Waals surface area contributed by atoms with Crippen LogP contribution in [0.5, 0.6) is 0 Å². The van der Waals surface area contributed by atoms with E-state index >= 15 is 0 Å². The third kappa shape index (κ3) is 9.64. The highest BCUT2D eigenvalue weighted by molar-refractivity contribution is 7.99. The van der Waals surface area contributed by atoms with Crippen molar-refractivity contribution in [2.24, 2.45) is 4.99 Å². The number of nitrogens with zero attached hydrogens (tertiary/aromatic N) is 1. The summed E-state index contributed by atoms with van der Waals surface area (Å²) in [5, 5.41) is 6.53. The summed E-state index contributed by atoms with van der Waals surface area (Å²) in [4.78, 5) is 15.1. The van der Waals surface area contributed by atoms with E-state index in [1.54, 1.807) is 7.05 Å². The van der Waals surface area contributed by atoms with Crippen molar-refractivity contribution in [3.8, 4) is 0 Å². The molecule has 0 saturated heterocycles. The molecule has 5 nitrogen and oxygen atoms in total. The van der Waals surface area contributed by atoms with Gasteiger partial charge in [0.25, 0.3) is 0 Å². The Kier molecular flexibility index (Phi) is 9.47. The molecule has 0 bridgehead atoms. The largest absolute Gasteiger partial charge is 0.469 e. The zero-order chi connectivity index (χ0) is 14.7. The van der Waals surface area contributed by atoms with Gasteiger partial charge in [-0.05, 0) is 32.9 Å². The zero-order valence-electron chi connectivity index (χ0n) is 12.7. The second-order valence-electron chi connectivity index (χ2n) is 4.85. The summed E-state index contributed by atoms with van der Waals surface area (Å²) in [7, 11) is 3.18. The van der Waals surface area contributed by atoms with Gasteiger partial charge in [-0.1, -0.05) is 0 Å². The van der Waals surface area contributed by atoms with E-state index < -0.39 is 0 Å². The molecule has 0 radical (unpaired) electrons. The Hall–Kier alpha value is -0.910. The number of methoxy groups -OCH3 is 1. The van der Waals surface area contributed by atoms with Gasteiger partial charge in [0.1, 0.15) is 0 Å². The lowest BCUT2D eigenvalue weighted by Gasteiger charge is -2.23. The van der Waals surface area contributed by atoms with Crippen LogP contribution in [0.3, 0.4) is 0 Å². The number of unbranched alkanes of at least 4 members (excludes halogenated alkanes) is 1. The van der Waals surface area contributed by atoms with Crippen molar-refractivity contribution >= 4 is 23.7 Å². The van der Waals surface area contributed by atoms with Crippen LogP contribution in [0.1, 0.15) is 33.1 Å². The van der Waals surface area contributed by atoms with Crippen LogP contribution in [0.4, 0.5) is 0 Å². The molecule has 6 heteroatoms. The van der Waals surface area contributed by atoms with Crippen molar-refractivity contribution in [1.29, 1.82) is 0 Å². The molecule has 0 heterocycles. The molecule has 0 saturated carbocycles. The summed E-state index contributed by atoms with van der Waals surface area (Å²) in [5.41, 5.74) is 0. The molecular formula is C13H27N3O2S. The predicted molar refractivity (Wildman–Crippen MR) is 82.8 cm³/mol. The standard InChI is InChI=1S/C13H27N3O2S/c1-13(2,19-5)10-16-12(14-3)15-9-7-6-8-11(17)18-4/h6-10H2,1-5H3,(H2,14,15,16). The van der Waals surface area contributed by atoms with Gasteiger partial charge in [0, 0.05) is 31.3 Å². The number of ether oxygens (including phenoxy) is 1. The molecule has 0 fully saturated rings. The Morgan fingerprint density at radius 2 is 2.00 bits per heavy atom. The highest BCUT2D eigenvalue weighted by Gasteiger charge is 2.15. The van der Waals surface area contributed by atoms with Crippen molar-refractivity contribution in [2.75, 3.05) is 33.5 Å². The first-order chi connectivity index (χ1) is 8.95. The number of thioether (sulfide) groups is 1. The first-order valence-corrected chi connectivity index (χ1v) is 7.74. The Bertz CT molecular complexity index is 294. The third-order valence-corrected chi connectivity index (χ3v) is 4.04. The topological polar surface area (TPSA) is 62.7 Å². The van der Waals surface area contributed by atoms with E-state index in [0.717, 1.165) is 31.9 Å². The number of esters is 1. The van der Waals surface area contributed by atoms with Crippen molar-refractivity contribution in [1.82, 2.24) is 10.6 Å². The van der Waals surface area contributed by atoms with Crippen molar-refractivity contribution < 1.29 is 9.53 Å². The maximum Gasteiger partial charge on any atom is 0.305 e. The lowest BCUT2D eigenvalue weighted by Crippen LogP contribution is -2.43. The molecule has 0 amide bonds. The summed E-state index contributed by atoms with van der Waals surface area (Å²) < 4.78 is 4.77. The van der Waals surface area contributed by atoms with Crippen LogP contribution in [0, 0.1) is 0 Å². The van der Waals surface area contributed by atoms with Gasteiger partial charge in [-0.2, -0.15) is 11.8 Å². The van der Waals surface area contributed by atoms with E-state index in [4.69, 9.17) is 0 Å². The molecule has 0 rings (SSSR count). The number of hydrogen-bond donors (Lipinski definition) is 2. The number of nitrogens with one attached hydrogen (secondary N) is 2. The molecule has 112 valence electrons. The van der Waals surface area contributed by atoms with Gasteiger partial charge in [0.2, 0.25) is 0 Å². The van der Waals surface area contributed by atoms with E-state index in [1.165, 1.54) is 7.11 Å². The highest BCUT2D eigenvalue weighted by atomic mass is 32.2. The van der Waals surface area contributed by atoms with Crippen LogP contribution in [0.25, 0.3) is 0 Å². The fraction of sp³-hybridized carbons (Fsp3) is 0.846. The minimum absolute atomic E-state index is 0.149. The number of carbonyl (C=O) groups is 1. The van der Waals surface area contributed by atoms with Gasteiger partial charge in [-0.15, -0.1) is 0 Å². The fourth-order valence-corrected chi connectivity index (χ4v) is 1.51. The van der Waals surface area contributed by atoms with Gasteiger partial charge < -0.3 is 15.4 Å². The fourth-order valence-electron chi connectivity index (χ4n) is 1.29. The van der Waals surface area contributed by atoms with Crippen LogP contribution in [0.2, 0.25) is 0 Å². The number of carbonyl (C=O) groups excluding carboxylic acids is 1. The van der Waals surface area contributed by atoms with Crippen LogP contribution < -0.4 is 10.6 Å². The average Bonchev–Trinajstić information content (AvgIpc) is 2.41. The molecule has 0 aliphatic heterocycles.